The molecule has 0 bridgehead atoms. The highest BCUT2D eigenvalue weighted by atomic mass is 35.7. The lowest BCUT2D eigenvalue weighted by Crippen LogP contribution is -2.09. The lowest BCUT2D eigenvalue weighted by atomic mass is 10.0. The summed E-state index contributed by atoms with van der Waals surface area (Å²) < 4.78 is 0. The molecule has 1 fully saturated rings. The van der Waals surface area contributed by atoms with E-state index in [1.807, 2.05) is 0 Å². The van der Waals surface area contributed by atoms with Crippen molar-refractivity contribution in [2.24, 2.45) is 0 Å². The second-order valence-electron chi connectivity index (χ2n) is 4.48. The molecule has 2 heteroatoms. The monoisotopic (exact) mass is 234 g/mol. The molecule has 1 rings (SSSR count). The van der Waals surface area contributed by atoms with E-state index in [9.17, 15) is 0 Å². The number of halogens is 1. The van der Waals surface area contributed by atoms with Crippen molar-refractivity contribution in [1.82, 2.24) is 0 Å². The first-order chi connectivity index (χ1) is 6.84. The summed E-state index contributed by atoms with van der Waals surface area (Å²) >= 11 is 6.50. The molecule has 0 aromatic rings. The molecule has 0 aromatic heterocycles. The fraction of sp³-hybridized carbons (Fsp3) is 1.00. The summed E-state index contributed by atoms with van der Waals surface area (Å²) in [6.07, 6.45) is 14.0. The molecule has 0 nitrogen and oxygen atoms in total. The summed E-state index contributed by atoms with van der Waals surface area (Å²) in [4.78, 5) is 0. The summed E-state index contributed by atoms with van der Waals surface area (Å²) in [6.45, 7) is 2.27. The average Bonchev–Trinajstić information content (AvgIpc) is 2.25. The predicted molar refractivity (Wildman–Crippen MR) is 68.7 cm³/mol. The van der Waals surface area contributed by atoms with Gasteiger partial charge in [-0.05, 0) is 38.4 Å². The van der Waals surface area contributed by atoms with E-state index in [1.54, 1.807) is 0 Å². The second kappa shape index (κ2) is 7.94. The minimum Gasteiger partial charge on any atom is -0.0961 e. The van der Waals surface area contributed by atoms with Gasteiger partial charge in [0, 0.05) is 0 Å². The summed E-state index contributed by atoms with van der Waals surface area (Å²) in [5.74, 6) is 0. The van der Waals surface area contributed by atoms with E-state index in [-0.39, 0.29) is 7.27 Å². The third-order valence-corrected chi connectivity index (χ3v) is 6.58. The maximum atomic E-state index is 6.50. The zero-order chi connectivity index (χ0) is 10.2. The highest BCUT2D eigenvalue weighted by Gasteiger charge is 2.20. The minimum absolute atomic E-state index is 0.143. The molecule has 0 aromatic carbocycles. The Hall–Kier alpha value is 0.720. The first-order valence-corrected chi connectivity index (χ1v) is 8.77. The van der Waals surface area contributed by atoms with Crippen LogP contribution in [0.4, 0.5) is 0 Å². The van der Waals surface area contributed by atoms with Crippen LogP contribution in [0.15, 0.2) is 0 Å². The lowest BCUT2D eigenvalue weighted by molar-refractivity contribution is 0.512. The van der Waals surface area contributed by atoms with Crippen molar-refractivity contribution in [3.05, 3.63) is 0 Å². The van der Waals surface area contributed by atoms with Crippen molar-refractivity contribution in [2.45, 2.75) is 70.4 Å². The topological polar surface area (TPSA) is 0 Å². The van der Waals surface area contributed by atoms with Crippen LogP contribution < -0.4 is 0 Å². The van der Waals surface area contributed by atoms with Gasteiger partial charge >= 0.3 is 0 Å². The third kappa shape index (κ3) is 4.99. The number of rotatable bonds is 6. The molecule has 1 saturated carbocycles. The largest absolute Gasteiger partial charge is 0.0961 e. The van der Waals surface area contributed by atoms with Gasteiger partial charge in [0.05, 0.1) is 0 Å². The van der Waals surface area contributed by atoms with Crippen LogP contribution in [0.2, 0.25) is 0 Å². The van der Waals surface area contributed by atoms with Crippen LogP contribution in [0.1, 0.15) is 64.7 Å². The Morgan fingerprint density at radius 2 is 1.79 bits per heavy atom. The molecule has 0 heterocycles. The van der Waals surface area contributed by atoms with Crippen LogP contribution in [-0.4, -0.2) is 11.8 Å². The maximum Gasteiger partial charge on any atom is -0.00656 e. The Morgan fingerprint density at radius 3 is 2.43 bits per heavy atom. The van der Waals surface area contributed by atoms with Crippen LogP contribution in [0.25, 0.3) is 0 Å². The second-order valence-corrected chi connectivity index (χ2v) is 7.76. The van der Waals surface area contributed by atoms with Gasteiger partial charge in [-0.1, -0.05) is 56.7 Å². The van der Waals surface area contributed by atoms with Crippen LogP contribution in [0.3, 0.4) is 0 Å². The van der Waals surface area contributed by atoms with Gasteiger partial charge in [0.2, 0.25) is 0 Å². The first kappa shape index (κ1) is 12.8. The molecule has 0 amide bonds. The standard InChI is InChI=1S/C12H24ClP/c1-2-3-4-8-11-14(13)12-9-6-5-7-10-12/h12H,2-11H2,1H3. The van der Waals surface area contributed by atoms with Gasteiger partial charge in [0.15, 0.2) is 0 Å². The molecule has 0 aliphatic heterocycles. The molecule has 0 radical (unpaired) electrons. The Bertz CT molecular complexity index is 132. The zero-order valence-electron chi connectivity index (χ0n) is 9.47. The fourth-order valence-corrected chi connectivity index (χ4v) is 4.99. The van der Waals surface area contributed by atoms with E-state index in [0.717, 1.165) is 5.66 Å². The summed E-state index contributed by atoms with van der Waals surface area (Å²) in [5.41, 5.74) is 0.905. The highest BCUT2D eigenvalue weighted by molar-refractivity contribution is 7.84. The van der Waals surface area contributed by atoms with Gasteiger partial charge in [-0.15, -0.1) is 0 Å². The normalized spacial score (nSPS) is 21.0. The van der Waals surface area contributed by atoms with Crippen LogP contribution in [0, 0.1) is 0 Å². The van der Waals surface area contributed by atoms with Gasteiger partial charge in [-0.3, -0.25) is 0 Å². The molecule has 1 unspecified atom stereocenters. The molecule has 1 aliphatic rings. The lowest BCUT2D eigenvalue weighted by Gasteiger charge is -2.26. The maximum absolute atomic E-state index is 6.50. The molecule has 1 aliphatic carbocycles. The molecule has 0 spiro atoms. The molecule has 0 saturated heterocycles. The van der Waals surface area contributed by atoms with Crippen LogP contribution in [-0.2, 0) is 0 Å². The average molecular weight is 235 g/mol. The Balaban J connectivity index is 2.04. The predicted octanol–water partition coefficient (Wildman–Crippen LogP) is 5.54. The van der Waals surface area contributed by atoms with Gasteiger partial charge in [-0.25, -0.2) is 0 Å². The van der Waals surface area contributed by atoms with Gasteiger partial charge in [0.25, 0.3) is 0 Å². The number of hydrogen-bond donors (Lipinski definition) is 0. The molecule has 0 N–H and O–H groups in total. The quantitative estimate of drug-likeness (QED) is 0.418. The first-order valence-electron chi connectivity index (χ1n) is 6.27. The van der Waals surface area contributed by atoms with Crippen LogP contribution in [0.5, 0.6) is 0 Å². The van der Waals surface area contributed by atoms with E-state index in [0.29, 0.717) is 0 Å². The number of hydrogen-bond acceptors (Lipinski definition) is 0. The van der Waals surface area contributed by atoms with Crippen molar-refractivity contribution in [1.29, 1.82) is 0 Å². The molecular weight excluding hydrogens is 211 g/mol. The molecule has 1 atom stereocenters. The van der Waals surface area contributed by atoms with E-state index < -0.39 is 0 Å². The smallest absolute Gasteiger partial charge is 0.00656 e. The molecule has 84 valence electrons. The van der Waals surface area contributed by atoms with E-state index in [1.165, 1.54) is 63.9 Å². The third-order valence-electron chi connectivity index (χ3n) is 3.20. The van der Waals surface area contributed by atoms with E-state index >= 15 is 0 Å². The minimum atomic E-state index is -0.143. The Morgan fingerprint density at radius 1 is 1.07 bits per heavy atom. The van der Waals surface area contributed by atoms with E-state index in [2.05, 4.69) is 6.92 Å². The summed E-state index contributed by atoms with van der Waals surface area (Å²) in [5, 5.41) is 0. The highest BCUT2D eigenvalue weighted by Crippen LogP contribution is 2.52. The summed E-state index contributed by atoms with van der Waals surface area (Å²) in [7, 11) is -0.143. The van der Waals surface area contributed by atoms with Crippen molar-refractivity contribution >= 4 is 18.5 Å². The Kier molecular flexibility index (Phi) is 7.25. The summed E-state index contributed by atoms with van der Waals surface area (Å²) in [6, 6.07) is 0. The van der Waals surface area contributed by atoms with Gasteiger partial charge in [-0.2, -0.15) is 0 Å². The van der Waals surface area contributed by atoms with Crippen molar-refractivity contribution in [3.8, 4) is 0 Å². The fourth-order valence-electron chi connectivity index (χ4n) is 2.23. The van der Waals surface area contributed by atoms with E-state index in [4.69, 9.17) is 11.2 Å². The molecule has 14 heavy (non-hydrogen) atoms. The molecular formula is C12H24ClP. The van der Waals surface area contributed by atoms with Crippen molar-refractivity contribution in [2.75, 3.05) is 6.16 Å². The SMILES string of the molecule is CCCCCCP(Cl)C1CCCCC1. The van der Waals surface area contributed by atoms with Gasteiger partial charge < -0.3 is 0 Å². The Labute approximate surface area is 95.3 Å². The van der Waals surface area contributed by atoms with Crippen molar-refractivity contribution < 1.29 is 0 Å². The van der Waals surface area contributed by atoms with Gasteiger partial charge in [0.1, 0.15) is 0 Å². The van der Waals surface area contributed by atoms with Crippen LogP contribution >= 0.6 is 18.5 Å². The number of unbranched alkanes of at least 4 members (excludes halogenated alkanes) is 3. The van der Waals surface area contributed by atoms with Crippen molar-refractivity contribution in [3.63, 3.8) is 0 Å². The zero-order valence-corrected chi connectivity index (χ0v) is 11.1.